The summed E-state index contributed by atoms with van der Waals surface area (Å²) in [5, 5.41) is 9.93. The zero-order valence-electron chi connectivity index (χ0n) is 7.03. The maximum absolute atomic E-state index is 9.93. The predicted molar refractivity (Wildman–Crippen MR) is 47.1 cm³/mol. The van der Waals surface area contributed by atoms with Gasteiger partial charge in [0, 0.05) is 5.56 Å². The highest BCUT2D eigenvalue weighted by molar-refractivity contribution is 5.77. The first-order chi connectivity index (χ1) is 6.30. The number of nitrogens with zero attached hydrogens (tertiary/aromatic N) is 1. The molecule has 1 aliphatic carbocycles. The van der Waals surface area contributed by atoms with E-state index in [1.807, 2.05) is 18.2 Å². The van der Waals surface area contributed by atoms with E-state index in [9.17, 15) is 5.11 Å². The normalized spacial score (nSPS) is 19.2. The number of benzene rings is 1. The van der Waals surface area contributed by atoms with Crippen LogP contribution in [0.15, 0.2) is 29.0 Å². The quantitative estimate of drug-likeness (QED) is 0.718. The first-order valence-electron chi connectivity index (χ1n) is 4.35. The van der Waals surface area contributed by atoms with Gasteiger partial charge in [-0.15, -0.1) is 0 Å². The molecule has 2 aromatic rings. The summed E-state index contributed by atoms with van der Waals surface area (Å²) in [6.07, 6.45) is 3.07. The summed E-state index contributed by atoms with van der Waals surface area (Å²) in [5.74, 6) is 0. The highest BCUT2D eigenvalue weighted by atomic mass is 16.3. The van der Waals surface area contributed by atoms with E-state index in [1.165, 1.54) is 6.39 Å². The van der Waals surface area contributed by atoms with Crippen molar-refractivity contribution in [3.8, 4) is 0 Å². The van der Waals surface area contributed by atoms with E-state index in [-0.39, 0.29) is 0 Å². The van der Waals surface area contributed by atoms with E-state index in [2.05, 4.69) is 4.98 Å². The van der Waals surface area contributed by atoms with Crippen molar-refractivity contribution in [2.45, 2.75) is 18.4 Å². The molecule has 1 heterocycles. The Morgan fingerprint density at radius 3 is 3.00 bits per heavy atom. The minimum atomic E-state index is -0.640. The Labute approximate surface area is 75.0 Å². The van der Waals surface area contributed by atoms with Crippen LogP contribution in [-0.2, 0) is 5.60 Å². The molecule has 1 N–H and O–H groups in total. The van der Waals surface area contributed by atoms with Crippen molar-refractivity contribution in [3.63, 3.8) is 0 Å². The zero-order chi connectivity index (χ0) is 8.89. The summed E-state index contributed by atoms with van der Waals surface area (Å²) >= 11 is 0. The van der Waals surface area contributed by atoms with Crippen LogP contribution >= 0.6 is 0 Å². The van der Waals surface area contributed by atoms with Crippen molar-refractivity contribution in [3.05, 3.63) is 30.2 Å². The highest BCUT2D eigenvalue weighted by Gasteiger charge is 2.44. The Hall–Kier alpha value is -1.35. The Morgan fingerprint density at radius 1 is 1.38 bits per heavy atom. The van der Waals surface area contributed by atoms with Crippen LogP contribution in [0.3, 0.4) is 0 Å². The summed E-state index contributed by atoms with van der Waals surface area (Å²) < 4.78 is 5.24. The maximum atomic E-state index is 9.93. The van der Waals surface area contributed by atoms with Crippen molar-refractivity contribution in [2.75, 3.05) is 0 Å². The Morgan fingerprint density at radius 2 is 2.23 bits per heavy atom. The second-order valence-electron chi connectivity index (χ2n) is 3.54. The van der Waals surface area contributed by atoms with Gasteiger partial charge in [-0.25, -0.2) is 4.98 Å². The summed E-state index contributed by atoms with van der Waals surface area (Å²) in [7, 11) is 0. The van der Waals surface area contributed by atoms with Crippen molar-refractivity contribution in [1.29, 1.82) is 0 Å². The molecule has 0 atom stereocenters. The van der Waals surface area contributed by atoms with Crippen molar-refractivity contribution in [2.24, 2.45) is 0 Å². The summed E-state index contributed by atoms with van der Waals surface area (Å²) in [6.45, 7) is 0. The van der Waals surface area contributed by atoms with Gasteiger partial charge >= 0.3 is 0 Å². The second kappa shape index (κ2) is 2.12. The van der Waals surface area contributed by atoms with Crippen molar-refractivity contribution in [1.82, 2.24) is 4.98 Å². The number of hydrogen-bond acceptors (Lipinski definition) is 3. The Balaban J connectivity index is 2.33. The standard InChI is InChI=1S/C10H9NO2/c12-10(4-5-10)7-2-1-3-8-9(7)13-6-11-8/h1-3,6,12H,4-5H2. The van der Waals surface area contributed by atoms with Crippen LogP contribution < -0.4 is 0 Å². The van der Waals surface area contributed by atoms with Crippen LogP contribution in [0.5, 0.6) is 0 Å². The molecule has 1 aromatic heterocycles. The second-order valence-corrected chi connectivity index (χ2v) is 3.54. The molecule has 0 unspecified atom stereocenters. The van der Waals surface area contributed by atoms with Gasteiger partial charge in [0.15, 0.2) is 12.0 Å². The fraction of sp³-hybridized carbons (Fsp3) is 0.300. The first-order valence-corrected chi connectivity index (χ1v) is 4.35. The van der Waals surface area contributed by atoms with Gasteiger partial charge in [0.05, 0.1) is 5.60 Å². The average molecular weight is 175 g/mol. The van der Waals surface area contributed by atoms with E-state index >= 15 is 0 Å². The molecule has 0 bridgehead atoms. The van der Waals surface area contributed by atoms with Gasteiger partial charge in [-0.2, -0.15) is 0 Å². The van der Waals surface area contributed by atoms with Gasteiger partial charge in [0.2, 0.25) is 0 Å². The number of aromatic nitrogens is 1. The number of fused-ring (bicyclic) bond motifs is 1. The maximum Gasteiger partial charge on any atom is 0.181 e. The topological polar surface area (TPSA) is 46.3 Å². The molecule has 1 saturated carbocycles. The van der Waals surface area contributed by atoms with Gasteiger partial charge in [0.1, 0.15) is 5.52 Å². The van der Waals surface area contributed by atoms with Gasteiger partial charge in [-0.3, -0.25) is 0 Å². The zero-order valence-corrected chi connectivity index (χ0v) is 7.03. The Bertz CT molecular complexity index is 457. The van der Waals surface area contributed by atoms with Gasteiger partial charge in [-0.1, -0.05) is 12.1 Å². The van der Waals surface area contributed by atoms with Crippen LogP contribution in [0.1, 0.15) is 18.4 Å². The molecule has 66 valence electrons. The molecule has 3 nitrogen and oxygen atoms in total. The SMILES string of the molecule is OC1(c2cccc3ncoc23)CC1. The molecule has 13 heavy (non-hydrogen) atoms. The lowest BCUT2D eigenvalue weighted by Gasteiger charge is -2.06. The van der Waals surface area contributed by atoms with Gasteiger partial charge in [0.25, 0.3) is 0 Å². The number of rotatable bonds is 1. The minimum absolute atomic E-state index is 0.640. The summed E-state index contributed by atoms with van der Waals surface area (Å²) in [4.78, 5) is 4.04. The van der Waals surface area contributed by atoms with Crippen molar-refractivity contribution >= 4 is 11.1 Å². The number of hydrogen-bond donors (Lipinski definition) is 1. The monoisotopic (exact) mass is 175 g/mol. The highest BCUT2D eigenvalue weighted by Crippen LogP contribution is 2.47. The molecular formula is C10H9NO2. The van der Waals surface area contributed by atoms with Gasteiger partial charge in [-0.05, 0) is 18.9 Å². The van der Waals surface area contributed by atoms with Gasteiger partial charge < -0.3 is 9.52 Å². The molecule has 1 aromatic carbocycles. The van der Waals surface area contributed by atoms with E-state index in [4.69, 9.17) is 4.42 Å². The van der Waals surface area contributed by atoms with E-state index in [0.29, 0.717) is 0 Å². The molecule has 0 spiro atoms. The Kier molecular flexibility index (Phi) is 1.15. The minimum Gasteiger partial charge on any atom is -0.443 e. The molecular weight excluding hydrogens is 166 g/mol. The number of aliphatic hydroxyl groups is 1. The molecule has 0 aliphatic heterocycles. The molecule has 0 amide bonds. The fourth-order valence-electron chi connectivity index (χ4n) is 1.64. The van der Waals surface area contributed by atoms with Crippen LogP contribution in [0.25, 0.3) is 11.1 Å². The smallest absolute Gasteiger partial charge is 0.181 e. The van der Waals surface area contributed by atoms with Crippen LogP contribution in [0, 0.1) is 0 Å². The molecule has 0 saturated heterocycles. The predicted octanol–water partition coefficient (Wildman–Crippen LogP) is 1.81. The molecule has 3 rings (SSSR count). The lowest BCUT2D eigenvalue weighted by molar-refractivity contribution is 0.152. The van der Waals surface area contributed by atoms with E-state index in [1.54, 1.807) is 0 Å². The molecule has 1 aliphatic rings. The van der Waals surface area contributed by atoms with Crippen molar-refractivity contribution < 1.29 is 9.52 Å². The summed E-state index contributed by atoms with van der Waals surface area (Å²) in [5.41, 5.74) is 1.78. The van der Waals surface area contributed by atoms with E-state index < -0.39 is 5.60 Å². The average Bonchev–Trinajstić information content (AvgIpc) is 2.72. The van der Waals surface area contributed by atoms with Crippen LogP contribution in [0.2, 0.25) is 0 Å². The lowest BCUT2D eigenvalue weighted by Crippen LogP contribution is -2.03. The molecule has 3 heteroatoms. The van der Waals surface area contributed by atoms with Crippen LogP contribution in [0.4, 0.5) is 0 Å². The third-order valence-electron chi connectivity index (χ3n) is 2.58. The first kappa shape index (κ1) is 7.09. The molecule has 1 fully saturated rings. The third-order valence-corrected chi connectivity index (χ3v) is 2.58. The lowest BCUT2D eigenvalue weighted by atomic mass is 10.1. The summed E-state index contributed by atoms with van der Waals surface area (Å²) in [6, 6.07) is 5.69. The number of para-hydroxylation sites is 1. The number of oxazole rings is 1. The van der Waals surface area contributed by atoms with E-state index in [0.717, 1.165) is 29.5 Å². The molecule has 0 radical (unpaired) electrons. The fourth-order valence-corrected chi connectivity index (χ4v) is 1.64. The van der Waals surface area contributed by atoms with Crippen LogP contribution in [-0.4, -0.2) is 10.1 Å². The largest absolute Gasteiger partial charge is 0.443 e. The third kappa shape index (κ3) is 0.906.